The number of nitrogens with zero attached hydrogens (tertiary/aromatic N) is 2. The Hall–Kier alpha value is -1.80. The Morgan fingerprint density at radius 1 is 0.800 bits per heavy atom. The summed E-state index contributed by atoms with van der Waals surface area (Å²) in [6, 6.07) is 8.93. The van der Waals surface area contributed by atoms with Crippen LogP contribution in [0.25, 0.3) is 11.1 Å². The maximum atomic E-state index is 10.8. The molecule has 0 heterocycles. The first-order valence-corrected chi connectivity index (χ1v) is 6.87. The Bertz CT molecular complexity index is 701. The molecule has 0 fully saturated rings. The van der Waals surface area contributed by atoms with Crippen LogP contribution in [0.1, 0.15) is 0 Å². The van der Waals surface area contributed by atoms with Gasteiger partial charge in [0.1, 0.15) is 4.47 Å². The molecule has 0 aliphatic heterocycles. The Balaban J connectivity index is 2.51. The average Bonchev–Trinajstić information content (AvgIpc) is 2.41. The van der Waals surface area contributed by atoms with Gasteiger partial charge in [0.2, 0.25) is 0 Å². The summed E-state index contributed by atoms with van der Waals surface area (Å²) in [4.78, 5) is 20.5. The molecule has 2 aromatic rings. The number of nitro benzene ring substituents is 2. The maximum Gasteiger partial charge on any atom is 0.284 e. The minimum atomic E-state index is -0.492. The summed E-state index contributed by atoms with van der Waals surface area (Å²) >= 11 is 6.47. The van der Waals surface area contributed by atoms with Crippen molar-refractivity contribution in [3.63, 3.8) is 0 Å². The number of hydrogen-bond donors (Lipinski definition) is 0. The second-order valence-corrected chi connectivity index (χ2v) is 5.41. The third kappa shape index (κ3) is 2.70. The average molecular weight is 402 g/mol. The van der Waals surface area contributed by atoms with E-state index in [1.54, 1.807) is 18.2 Å². The van der Waals surface area contributed by atoms with Gasteiger partial charge in [-0.05, 0) is 61.2 Å². The van der Waals surface area contributed by atoms with E-state index in [4.69, 9.17) is 0 Å². The van der Waals surface area contributed by atoms with Crippen LogP contribution in [0.15, 0.2) is 45.3 Å². The molecule has 20 heavy (non-hydrogen) atoms. The molecule has 0 N–H and O–H groups in total. The van der Waals surface area contributed by atoms with Gasteiger partial charge in [-0.1, -0.05) is 0 Å². The van der Waals surface area contributed by atoms with Gasteiger partial charge in [-0.3, -0.25) is 20.2 Å². The fourth-order valence-electron chi connectivity index (χ4n) is 1.67. The van der Waals surface area contributed by atoms with Crippen molar-refractivity contribution in [1.29, 1.82) is 0 Å². The van der Waals surface area contributed by atoms with Crippen LogP contribution in [0.4, 0.5) is 11.4 Å². The summed E-state index contributed by atoms with van der Waals surface area (Å²) in [7, 11) is 0. The molecular weight excluding hydrogens is 396 g/mol. The van der Waals surface area contributed by atoms with Crippen LogP contribution in [0.2, 0.25) is 0 Å². The molecule has 8 heteroatoms. The number of rotatable bonds is 3. The van der Waals surface area contributed by atoms with Gasteiger partial charge >= 0.3 is 0 Å². The van der Waals surface area contributed by atoms with Gasteiger partial charge < -0.3 is 0 Å². The predicted octanol–water partition coefficient (Wildman–Crippen LogP) is 4.70. The molecular formula is C12H6Br2N2O4. The third-order valence-corrected chi connectivity index (χ3v) is 4.81. The van der Waals surface area contributed by atoms with E-state index in [2.05, 4.69) is 31.9 Å². The molecule has 0 saturated heterocycles. The Kier molecular flexibility index (Phi) is 4.15. The predicted molar refractivity (Wildman–Crippen MR) is 80.6 cm³/mol. The van der Waals surface area contributed by atoms with Gasteiger partial charge in [-0.2, -0.15) is 0 Å². The second kappa shape index (κ2) is 5.68. The topological polar surface area (TPSA) is 86.3 Å². The lowest BCUT2D eigenvalue weighted by atomic mass is 10.1. The zero-order valence-electron chi connectivity index (χ0n) is 9.75. The lowest BCUT2D eigenvalue weighted by Crippen LogP contribution is -1.92. The van der Waals surface area contributed by atoms with Crippen LogP contribution in [0.3, 0.4) is 0 Å². The fourth-order valence-corrected chi connectivity index (χ4v) is 2.72. The van der Waals surface area contributed by atoms with Crippen molar-refractivity contribution in [2.75, 3.05) is 0 Å². The van der Waals surface area contributed by atoms with Gasteiger partial charge in [-0.15, -0.1) is 0 Å². The summed E-state index contributed by atoms with van der Waals surface area (Å²) < 4.78 is 0.860. The molecule has 0 aliphatic rings. The highest BCUT2D eigenvalue weighted by Crippen LogP contribution is 2.39. The van der Waals surface area contributed by atoms with E-state index in [-0.39, 0.29) is 11.4 Å². The molecule has 0 amide bonds. The number of hydrogen-bond acceptors (Lipinski definition) is 4. The van der Waals surface area contributed by atoms with Gasteiger partial charge in [0.05, 0.1) is 9.85 Å². The molecule has 0 unspecified atom stereocenters. The van der Waals surface area contributed by atoms with Crippen molar-refractivity contribution in [3.05, 3.63) is 65.6 Å². The van der Waals surface area contributed by atoms with E-state index in [0.717, 1.165) is 5.56 Å². The second-order valence-electron chi connectivity index (χ2n) is 3.82. The molecule has 2 rings (SSSR count). The van der Waals surface area contributed by atoms with Crippen molar-refractivity contribution in [2.45, 2.75) is 0 Å². The van der Waals surface area contributed by atoms with Crippen LogP contribution in [-0.2, 0) is 0 Å². The highest BCUT2D eigenvalue weighted by atomic mass is 79.9. The summed E-state index contributed by atoms with van der Waals surface area (Å²) in [5.74, 6) is 0. The van der Waals surface area contributed by atoms with E-state index >= 15 is 0 Å². The van der Waals surface area contributed by atoms with E-state index < -0.39 is 9.85 Å². The molecule has 0 spiro atoms. The van der Waals surface area contributed by atoms with Crippen molar-refractivity contribution in [2.24, 2.45) is 0 Å². The van der Waals surface area contributed by atoms with Gasteiger partial charge in [0.15, 0.2) is 0 Å². The molecule has 0 bridgehead atoms. The van der Waals surface area contributed by atoms with E-state index in [0.29, 0.717) is 14.5 Å². The maximum absolute atomic E-state index is 10.8. The van der Waals surface area contributed by atoms with Crippen LogP contribution < -0.4 is 0 Å². The van der Waals surface area contributed by atoms with Crippen molar-refractivity contribution < 1.29 is 9.85 Å². The highest BCUT2D eigenvalue weighted by molar-refractivity contribution is 9.13. The first-order chi connectivity index (χ1) is 9.41. The normalized spacial score (nSPS) is 10.3. The lowest BCUT2D eigenvalue weighted by Gasteiger charge is -2.07. The first-order valence-electron chi connectivity index (χ1n) is 5.29. The van der Waals surface area contributed by atoms with Gasteiger partial charge in [-0.25, -0.2) is 0 Å². The quantitative estimate of drug-likeness (QED) is 0.551. The number of halogens is 2. The fraction of sp³-hybridized carbons (Fsp3) is 0. The molecule has 0 aromatic heterocycles. The summed E-state index contributed by atoms with van der Waals surface area (Å²) in [5.41, 5.74) is 1.36. The number of nitro groups is 2. The zero-order valence-corrected chi connectivity index (χ0v) is 12.9. The molecule has 102 valence electrons. The minimum absolute atomic E-state index is 0.00847. The lowest BCUT2D eigenvalue weighted by molar-refractivity contribution is -0.385. The SMILES string of the molecule is O=[N+]([O-])c1ccc(-c2ccc([N+](=O)[O-])c(Br)c2Br)cc1. The summed E-state index contributed by atoms with van der Waals surface area (Å²) in [6.45, 7) is 0. The Labute approximate surface area is 130 Å². The van der Waals surface area contributed by atoms with E-state index in [1.807, 2.05) is 0 Å². The van der Waals surface area contributed by atoms with E-state index in [1.165, 1.54) is 18.2 Å². The molecule has 0 saturated carbocycles. The first kappa shape index (κ1) is 14.6. The van der Waals surface area contributed by atoms with Crippen LogP contribution in [0, 0.1) is 20.2 Å². The molecule has 0 atom stereocenters. The molecule has 0 aliphatic carbocycles. The highest BCUT2D eigenvalue weighted by Gasteiger charge is 2.18. The smallest absolute Gasteiger partial charge is 0.258 e. The van der Waals surface area contributed by atoms with Crippen molar-refractivity contribution in [1.82, 2.24) is 0 Å². The number of non-ortho nitro benzene ring substituents is 1. The van der Waals surface area contributed by atoms with Crippen LogP contribution in [0.5, 0.6) is 0 Å². The van der Waals surface area contributed by atoms with Crippen molar-refractivity contribution in [3.8, 4) is 11.1 Å². The number of benzene rings is 2. The summed E-state index contributed by atoms with van der Waals surface area (Å²) in [6.07, 6.45) is 0. The standard InChI is InChI=1S/C12H6Br2N2O4/c13-11-9(5-6-10(12(11)14)16(19)20)7-1-3-8(4-2-7)15(17)18/h1-6H. The molecule has 6 nitrogen and oxygen atoms in total. The van der Waals surface area contributed by atoms with Crippen molar-refractivity contribution >= 4 is 43.2 Å². The third-order valence-electron chi connectivity index (χ3n) is 2.65. The Morgan fingerprint density at radius 2 is 1.40 bits per heavy atom. The van der Waals surface area contributed by atoms with E-state index in [9.17, 15) is 20.2 Å². The molecule has 0 radical (unpaired) electrons. The zero-order chi connectivity index (χ0) is 14.9. The Morgan fingerprint density at radius 3 is 1.90 bits per heavy atom. The van der Waals surface area contributed by atoms with Crippen LogP contribution in [-0.4, -0.2) is 9.85 Å². The minimum Gasteiger partial charge on any atom is -0.258 e. The monoisotopic (exact) mass is 400 g/mol. The molecule has 2 aromatic carbocycles. The van der Waals surface area contributed by atoms with Gasteiger partial charge in [0.25, 0.3) is 11.4 Å². The summed E-state index contributed by atoms with van der Waals surface area (Å²) in [5, 5.41) is 21.4. The van der Waals surface area contributed by atoms with Crippen LogP contribution >= 0.6 is 31.9 Å². The largest absolute Gasteiger partial charge is 0.284 e. The van der Waals surface area contributed by atoms with Gasteiger partial charge in [0, 0.05) is 22.7 Å².